The van der Waals surface area contributed by atoms with E-state index in [1.54, 1.807) is 20.8 Å². The Hall–Kier alpha value is -2.12. The van der Waals surface area contributed by atoms with E-state index in [9.17, 15) is 28.1 Å². The number of hydrogen-bond donors (Lipinski definition) is 1. The second-order valence-electron chi connectivity index (χ2n) is 5.19. The van der Waals surface area contributed by atoms with Crippen LogP contribution in [0.25, 0.3) is 0 Å². The summed E-state index contributed by atoms with van der Waals surface area (Å²) >= 11 is 0. The lowest BCUT2D eigenvalue weighted by atomic mass is 9.95. The molecule has 0 heterocycles. The van der Waals surface area contributed by atoms with Crippen molar-refractivity contribution >= 4 is 17.3 Å². The Labute approximate surface area is 112 Å². The molecule has 1 amide bonds. The van der Waals surface area contributed by atoms with Gasteiger partial charge in [0.1, 0.15) is 5.56 Å². The van der Waals surface area contributed by atoms with Crippen molar-refractivity contribution in [3.05, 3.63) is 33.9 Å². The van der Waals surface area contributed by atoms with Gasteiger partial charge in [0.05, 0.1) is 4.92 Å². The number of carbonyl (C=O) groups excluding carboxylic acids is 1. The van der Waals surface area contributed by atoms with Crippen molar-refractivity contribution in [2.45, 2.75) is 26.9 Å². The highest BCUT2D eigenvalue weighted by Crippen LogP contribution is 2.37. The first-order chi connectivity index (χ1) is 8.93. The first-order valence-electron chi connectivity index (χ1n) is 5.60. The zero-order valence-electron chi connectivity index (χ0n) is 11.0. The van der Waals surface area contributed by atoms with Gasteiger partial charge in [-0.15, -0.1) is 0 Å². The molecule has 0 saturated heterocycles. The highest BCUT2D eigenvalue weighted by molar-refractivity contribution is 5.94. The summed E-state index contributed by atoms with van der Waals surface area (Å²) < 4.78 is 38.2. The predicted molar refractivity (Wildman–Crippen MR) is 66.2 cm³/mol. The van der Waals surface area contributed by atoms with Crippen LogP contribution < -0.4 is 5.32 Å². The van der Waals surface area contributed by atoms with Crippen molar-refractivity contribution in [2.75, 3.05) is 5.32 Å². The minimum Gasteiger partial charge on any atom is -0.326 e. The third kappa shape index (κ3) is 3.69. The Morgan fingerprint density at radius 1 is 1.25 bits per heavy atom. The Kier molecular flexibility index (Phi) is 4.07. The van der Waals surface area contributed by atoms with Crippen molar-refractivity contribution in [1.82, 2.24) is 0 Å². The van der Waals surface area contributed by atoms with Crippen LogP contribution in [0.5, 0.6) is 0 Å². The molecule has 0 aliphatic carbocycles. The van der Waals surface area contributed by atoms with Crippen molar-refractivity contribution in [2.24, 2.45) is 5.41 Å². The monoisotopic (exact) mass is 290 g/mol. The van der Waals surface area contributed by atoms with Crippen LogP contribution in [-0.2, 0) is 11.0 Å². The number of anilines is 1. The minimum absolute atomic E-state index is 0.136. The zero-order chi connectivity index (χ0) is 15.7. The fourth-order valence-corrected chi connectivity index (χ4v) is 1.32. The second-order valence-corrected chi connectivity index (χ2v) is 5.19. The molecule has 5 nitrogen and oxygen atoms in total. The van der Waals surface area contributed by atoms with E-state index >= 15 is 0 Å². The lowest BCUT2D eigenvalue weighted by molar-refractivity contribution is -0.388. The van der Waals surface area contributed by atoms with Gasteiger partial charge < -0.3 is 5.32 Å². The Morgan fingerprint density at radius 2 is 1.80 bits per heavy atom. The van der Waals surface area contributed by atoms with Gasteiger partial charge in [-0.2, -0.15) is 13.2 Å². The zero-order valence-corrected chi connectivity index (χ0v) is 11.0. The maximum absolute atomic E-state index is 12.7. The molecule has 1 N–H and O–H groups in total. The molecular formula is C12H13F3N2O3. The van der Waals surface area contributed by atoms with Crippen molar-refractivity contribution in [3.8, 4) is 0 Å². The normalized spacial score (nSPS) is 12.1. The van der Waals surface area contributed by atoms with E-state index < -0.39 is 33.7 Å². The van der Waals surface area contributed by atoms with Crippen LogP contribution in [-0.4, -0.2) is 10.8 Å². The smallest absolute Gasteiger partial charge is 0.326 e. The van der Waals surface area contributed by atoms with Crippen LogP contribution in [0, 0.1) is 15.5 Å². The van der Waals surface area contributed by atoms with E-state index in [2.05, 4.69) is 5.32 Å². The number of nitrogens with one attached hydrogen (secondary N) is 1. The van der Waals surface area contributed by atoms with Crippen molar-refractivity contribution in [1.29, 1.82) is 0 Å². The number of alkyl halides is 3. The van der Waals surface area contributed by atoms with Gasteiger partial charge >= 0.3 is 6.18 Å². The van der Waals surface area contributed by atoms with Gasteiger partial charge in [0, 0.05) is 17.2 Å². The summed E-state index contributed by atoms with van der Waals surface area (Å²) in [5.74, 6) is -0.487. The van der Waals surface area contributed by atoms with E-state index in [0.717, 1.165) is 12.1 Å². The Balaban J connectivity index is 3.21. The number of hydrogen-bond acceptors (Lipinski definition) is 3. The van der Waals surface area contributed by atoms with E-state index in [4.69, 9.17) is 0 Å². The van der Waals surface area contributed by atoms with Crippen molar-refractivity contribution < 1.29 is 22.9 Å². The number of halogens is 3. The molecule has 0 saturated carbocycles. The van der Waals surface area contributed by atoms with Crippen LogP contribution in [0.15, 0.2) is 18.2 Å². The molecule has 0 atom stereocenters. The van der Waals surface area contributed by atoms with E-state index in [-0.39, 0.29) is 5.69 Å². The number of amides is 1. The molecule has 0 spiro atoms. The summed E-state index contributed by atoms with van der Waals surface area (Å²) in [4.78, 5) is 21.2. The van der Waals surface area contributed by atoms with Crippen LogP contribution in [0.2, 0.25) is 0 Å². The molecule has 8 heteroatoms. The summed E-state index contributed by atoms with van der Waals surface area (Å²) in [6.07, 6.45) is -4.87. The maximum atomic E-state index is 12.7. The molecule has 1 aromatic rings. The molecule has 0 radical (unpaired) electrons. The highest BCUT2D eigenvalue weighted by Gasteiger charge is 2.38. The summed E-state index contributed by atoms with van der Waals surface area (Å²) in [5, 5.41) is 12.9. The number of rotatable bonds is 2. The second kappa shape index (κ2) is 5.10. The molecule has 0 aliphatic rings. The third-order valence-corrected chi connectivity index (χ3v) is 2.44. The first-order valence-corrected chi connectivity index (χ1v) is 5.60. The fraction of sp³-hybridized carbons (Fsp3) is 0.417. The van der Waals surface area contributed by atoms with Crippen LogP contribution in [0.1, 0.15) is 26.3 Å². The molecule has 0 aliphatic heterocycles. The standard InChI is InChI=1S/C12H13F3N2O3/c1-11(2,3)10(18)16-7-4-5-9(17(19)20)8(6-7)12(13,14)15/h4-6H,1-3H3,(H,16,18). The highest BCUT2D eigenvalue weighted by atomic mass is 19.4. The SMILES string of the molecule is CC(C)(C)C(=O)Nc1ccc([N+](=O)[O-])c(C(F)(F)F)c1. The number of nitrogens with zero attached hydrogens (tertiary/aromatic N) is 1. The lowest BCUT2D eigenvalue weighted by Crippen LogP contribution is -2.27. The molecule has 0 bridgehead atoms. The molecule has 0 fully saturated rings. The summed E-state index contributed by atoms with van der Waals surface area (Å²) in [5.41, 5.74) is -3.37. The largest absolute Gasteiger partial charge is 0.423 e. The molecule has 1 aromatic carbocycles. The quantitative estimate of drug-likeness (QED) is 0.668. The summed E-state index contributed by atoms with van der Waals surface area (Å²) in [7, 11) is 0. The number of benzene rings is 1. The van der Waals surface area contributed by atoms with E-state index in [1.807, 2.05) is 0 Å². The Morgan fingerprint density at radius 3 is 2.20 bits per heavy atom. The van der Waals surface area contributed by atoms with Crippen LogP contribution in [0.3, 0.4) is 0 Å². The number of nitro benzene ring substituents is 1. The Bertz CT molecular complexity index is 548. The predicted octanol–water partition coefficient (Wildman–Crippen LogP) is 3.60. The molecule has 20 heavy (non-hydrogen) atoms. The van der Waals surface area contributed by atoms with Gasteiger partial charge in [-0.1, -0.05) is 20.8 Å². The average Bonchev–Trinajstić information content (AvgIpc) is 2.26. The average molecular weight is 290 g/mol. The molecule has 110 valence electrons. The lowest BCUT2D eigenvalue weighted by Gasteiger charge is -2.18. The van der Waals surface area contributed by atoms with Gasteiger partial charge in [0.2, 0.25) is 5.91 Å². The number of nitro groups is 1. The molecule has 0 aromatic heterocycles. The summed E-state index contributed by atoms with van der Waals surface area (Å²) in [6, 6.07) is 2.35. The molecule has 1 rings (SSSR count). The van der Waals surface area contributed by atoms with Crippen molar-refractivity contribution in [3.63, 3.8) is 0 Å². The van der Waals surface area contributed by atoms with Gasteiger partial charge in [-0.3, -0.25) is 14.9 Å². The van der Waals surface area contributed by atoms with Gasteiger partial charge in [0.15, 0.2) is 0 Å². The first kappa shape index (κ1) is 15.9. The number of carbonyl (C=O) groups is 1. The van der Waals surface area contributed by atoms with Crippen LogP contribution in [0.4, 0.5) is 24.5 Å². The van der Waals surface area contributed by atoms with Gasteiger partial charge in [0.25, 0.3) is 5.69 Å². The topological polar surface area (TPSA) is 72.2 Å². The molecule has 0 unspecified atom stereocenters. The van der Waals surface area contributed by atoms with Gasteiger partial charge in [-0.05, 0) is 12.1 Å². The van der Waals surface area contributed by atoms with Gasteiger partial charge in [-0.25, -0.2) is 0 Å². The maximum Gasteiger partial charge on any atom is 0.423 e. The third-order valence-electron chi connectivity index (χ3n) is 2.44. The molecular weight excluding hydrogens is 277 g/mol. The fourth-order valence-electron chi connectivity index (χ4n) is 1.32. The minimum atomic E-state index is -4.87. The summed E-state index contributed by atoms with van der Waals surface area (Å²) in [6.45, 7) is 4.79. The van der Waals surface area contributed by atoms with E-state index in [0.29, 0.717) is 6.07 Å². The van der Waals surface area contributed by atoms with Crippen LogP contribution >= 0.6 is 0 Å². The van der Waals surface area contributed by atoms with E-state index in [1.165, 1.54) is 0 Å².